The summed E-state index contributed by atoms with van der Waals surface area (Å²) in [6.07, 6.45) is 1.14. The van der Waals surface area contributed by atoms with Crippen LogP contribution in [0.25, 0.3) is 11.1 Å². The predicted octanol–water partition coefficient (Wildman–Crippen LogP) is 6.22. The molecule has 1 aliphatic rings. The molecule has 0 atom stereocenters. The van der Waals surface area contributed by atoms with Crippen LogP contribution in [0, 0.1) is 12.3 Å². The lowest BCUT2D eigenvalue weighted by Gasteiger charge is -2.17. The molecule has 2 heteroatoms. The zero-order valence-electron chi connectivity index (χ0n) is 17.5. The highest BCUT2D eigenvalue weighted by Crippen LogP contribution is 2.38. The van der Waals surface area contributed by atoms with Crippen LogP contribution in [0.1, 0.15) is 44.6 Å². The van der Waals surface area contributed by atoms with Crippen LogP contribution in [0.5, 0.6) is 0 Å². The van der Waals surface area contributed by atoms with Crippen LogP contribution in [0.4, 0.5) is 0 Å². The van der Waals surface area contributed by atoms with Gasteiger partial charge in [0.1, 0.15) is 0 Å². The minimum atomic E-state index is 0.366. The van der Waals surface area contributed by atoms with E-state index in [9.17, 15) is 0 Å². The minimum Gasteiger partial charge on any atom is -0.346 e. The zero-order valence-corrected chi connectivity index (χ0v) is 17.5. The molecule has 1 aliphatic heterocycles. The number of nitrogens with two attached hydrogens (primary N) is 1. The molecule has 0 saturated heterocycles. The molecule has 0 unspecified atom stereocenters. The molecule has 27 heavy (non-hydrogen) atoms. The Bertz CT molecular complexity index is 785. The second kappa shape index (κ2) is 9.57. The number of benzene rings is 2. The Morgan fingerprint density at radius 2 is 1.44 bits per heavy atom. The van der Waals surface area contributed by atoms with Crippen molar-refractivity contribution in [1.82, 2.24) is 4.57 Å². The van der Waals surface area contributed by atoms with E-state index in [4.69, 9.17) is 5.73 Å². The molecule has 2 heterocycles. The van der Waals surface area contributed by atoms with Gasteiger partial charge in [0.05, 0.1) is 0 Å². The van der Waals surface area contributed by atoms with E-state index in [2.05, 4.69) is 55.7 Å². The molecule has 0 radical (unpaired) electrons. The first-order valence-electron chi connectivity index (χ1n) is 9.98. The molecule has 3 aromatic rings. The summed E-state index contributed by atoms with van der Waals surface area (Å²) in [4.78, 5) is 0. The number of fused-ring (bicyclic) bond motifs is 1. The van der Waals surface area contributed by atoms with Gasteiger partial charge >= 0.3 is 0 Å². The Labute approximate surface area is 165 Å². The number of hydrogen-bond acceptors (Lipinski definition) is 1. The number of aryl methyl sites for hydroxylation is 1. The average Bonchev–Trinajstić information content (AvgIpc) is 3.17. The highest BCUT2D eigenvalue weighted by molar-refractivity contribution is 5.68. The topological polar surface area (TPSA) is 30.9 Å². The maximum absolute atomic E-state index is 6.00. The number of hydrogen-bond donors (Lipinski definition) is 1. The number of nitrogens with zero attached hydrogens (tertiary/aromatic N) is 1. The van der Waals surface area contributed by atoms with Crippen molar-refractivity contribution in [2.75, 3.05) is 0 Å². The Balaban J connectivity index is 0.000000275. The van der Waals surface area contributed by atoms with Gasteiger partial charge in [-0.2, -0.15) is 0 Å². The van der Waals surface area contributed by atoms with Crippen molar-refractivity contribution in [3.63, 3.8) is 0 Å². The van der Waals surface area contributed by atoms with E-state index in [1.165, 1.54) is 28.1 Å². The van der Waals surface area contributed by atoms with Gasteiger partial charge in [-0.3, -0.25) is 0 Å². The van der Waals surface area contributed by atoms with Gasteiger partial charge in [0.15, 0.2) is 0 Å². The molecule has 2 nitrogen and oxygen atoms in total. The molecule has 0 bridgehead atoms. The smallest absolute Gasteiger partial charge is 0.0394 e. The summed E-state index contributed by atoms with van der Waals surface area (Å²) in [6.45, 7) is 12.5. The van der Waals surface area contributed by atoms with Crippen molar-refractivity contribution in [1.29, 1.82) is 0 Å². The molecule has 0 aliphatic carbocycles. The SMILES string of the molecule is CC.Cc1ccc(-c2cc3n(c2CN)CC(C)(C)C3)cc1.c1ccccc1. The maximum atomic E-state index is 6.00. The van der Waals surface area contributed by atoms with E-state index in [0.717, 1.165) is 13.0 Å². The molecule has 0 spiro atoms. The number of aromatic nitrogens is 1. The van der Waals surface area contributed by atoms with Gasteiger partial charge in [-0.1, -0.05) is 93.9 Å². The Hall–Kier alpha value is -2.32. The van der Waals surface area contributed by atoms with E-state index < -0.39 is 0 Å². The summed E-state index contributed by atoms with van der Waals surface area (Å²) >= 11 is 0. The van der Waals surface area contributed by atoms with E-state index >= 15 is 0 Å². The quantitative estimate of drug-likeness (QED) is 0.576. The monoisotopic (exact) mass is 362 g/mol. The van der Waals surface area contributed by atoms with Crippen LogP contribution in [0.15, 0.2) is 66.7 Å². The highest BCUT2D eigenvalue weighted by atomic mass is 15.0. The predicted molar refractivity (Wildman–Crippen MR) is 118 cm³/mol. The van der Waals surface area contributed by atoms with Gasteiger partial charge < -0.3 is 10.3 Å². The van der Waals surface area contributed by atoms with Crippen molar-refractivity contribution in [3.8, 4) is 11.1 Å². The molecule has 1 aromatic heterocycles. The van der Waals surface area contributed by atoms with Gasteiger partial charge in [0, 0.05) is 30.0 Å². The maximum Gasteiger partial charge on any atom is 0.0394 e. The molecular weight excluding hydrogens is 328 g/mol. The van der Waals surface area contributed by atoms with E-state index in [1.54, 1.807) is 0 Å². The van der Waals surface area contributed by atoms with Crippen molar-refractivity contribution in [2.45, 2.75) is 54.1 Å². The second-order valence-corrected chi connectivity index (χ2v) is 7.65. The first-order chi connectivity index (χ1) is 13.0. The van der Waals surface area contributed by atoms with Crippen LogP contribution < -0.4 is 5.73 Å². The van der Waals surface area contributed by atoms with Crippen LogP contribution in [0.3, 0.4) is 0 Å². The van der Waals surface area contributed by atoms with Crippen LogP contribution >= 0.6 is 0 Å². The Kier molecular flexibility index (Phi) is 7.44. The van der Waals surface area contributed by atoms with Gasteiger partial charge in [-0.05, 0) is 30.4 Å². The summed E-state index contributed by atoms with van der Waals surface area (Å²) in [6, 6.07) is 23.1. The first-order valence-corrected chi connectivity index (χ1v) is 9.98. The largest absolute Gasteiger partial charge is 0.346 e. The highest BCUT2D eigenvalue weighted by Gasteiger charge is 2.31. The number of rotatable bonds is 2. The van der Waals surface area contributed by atoms with E-state index in [-0.39, 0.29) is 0 Å². The van der Waals surface area contributed by atoms with Gasteiger partial charge in [0.25, 0.3) is 0 Å². The lowest BCUT2D eigenvalue weighted by atomic mass is 9.90. The molecule has 0 saturated carbocycles. The summed E-state index contributed by atoms with van der Waals surface area (Å²) in [5.74, 6) is 0. The summed E-state index contributed by atoms with van der Waals surface area (Å²) in [5, 5.41) is 0. The van der Waals surface area contributed by atoms with Gasteiger partial charge in [-0.25, -0.2) is 0 Å². The van der Waals surface area contributed by atoms with Crippen molar-refractivity contribution in [2.24, 2.45) is 11.1 Å². The molecule has 0 fully saturated rings. The third kappa shape index (κ3) is 5.33. The lowest BCUT2D eigenvalue weighted by Crippen LogP contribution is -2.15. The van der Waals surface area contributed by atoms with E-state index in [0.29, 0.717) is 12.0 Å². The molecule has 2 N–H and O–H groups in total. The molecule has 0 amide bonds. The third-order valence-electron chi connectivity index (χ3n) is 4.76. The van der Waals surface area contributed by atoms with Crippen LogP contribution in [-0.4, -0.2) is 4.57 Å². The van der Waals surface area contributed by atoms with E-state index in [1.807, 2.05) is 50.2 Å². The Morgan fingerprint density at radius 1 is 0.926 bits per heavy atom. The minimum absolute atomic E-state index is 0.366. The average molecular weight is 363 g/mol. The van der Waals surface area contributed by atoms with Crippen molar-refractivity contribution in [3.05, 3.63) is 83.7 Å². The summed E-state index contributed by atoms with van der Waals surface area (Å²) < 4.78 is 2.43. The third-order valence-corrected chi connectivity index (χ3v) is 4.76. The van der Waals surface area contributed by atoms with Crippen molar-refractivity contribution >= 4 is 0 Å². The molecule has 4 rings (SSSR count). The molecule has 2 aromatic carbocycles. The fraction of sp³-hybridized carbons (Fsp3) is 0.360. The second-order valence-electron chi connectivity index (χ2n) is 7.65. The Morgan fingerprint density at radius 3 is 1.93 bits per heavy atom. The fourth-order valence-corrected chi connectivity index (χ4v) is 3.55. The fourth-order valence-electron chi connectivity index (χ4n) is 3.55. The zero-order chi connectivity index (χ0) is 19.9. The molecular formula is C25H34N2. The summed E-state index contributed by atoms with van der Waals surface area (Å²) in [5.41, 5.74) is 13.0. The van der Waals surface area contributed by atoms with Gasteiger partial charge in [0.2, 0.25) is 0 Å². The lowest BCUT2D eigenvalue weighted by molar-refractivity contribution is 0.356. The van der Waals surface area contributed by atoms with Crippen molar-refractivity contribution < 1.29 is 0 Å². The van der Waals surface area contributed by atoms with Crippen LogP contribution in [-0.2, 0) is 19.5 Å². The summed E-state index contributed by atoms with van der Waals surface area (Å²) in [7, 11) is 0. The standard InChI is InChI=1S/C17H22N2.C6H6.C2H6/c1-12-4-6-13(7-5-12)15-8-14-9-17(2,3)11-19(14)16(15)10-18;1-2-4-6-5-3-1;1-2/h4-8H,9-11,18H2,1-3H3;1-6H;1-2H3. The molecule has 144 valence electrons. The van der Waals surface area contributed by atoms with Crippen LogP contribution in [0.2, 0.25) is 0 Å². The van der Waals surface area contributed by atoms with Gasteiger partial charge in [-0.15, -0.1) is 0 Å². The first kappa shape index (κ1) is 21.0. The normalized spacial score (nSPS) is 13.7.